The summed E-state index contributed by atoms with van der Waals surface area (Å²) in [5.41, 5.74) is 0.193. The molecule has 2 aliphatic heterocycles. The number of fused-ring (bicyclic) bond motifs is 1. The first kappa shape index (κ1) is 26.3. The maximum Gasteiger partial charge on any atom is 0.350 e. The van der Waals surface area contributed by atoms with E-state index in [9.17, 15) is 28.0 Å². The van der Waals surface area contributed by atoms with Crippen molar-refractivity contribution in [2.75, 3.05) is 0 Å². The average Bonchev–Trinajstić information content (AvgIpc) is 3.16. The highest BCUT2D eigenvalue weighted by molar-refractivity contribution is 6.32. The molecule has 2 aliphatic rings. The van der Waals surface area contributed by atoms with E-state index in [1.165, 1.54) is 30.0 Å². The second-order valence-corrected chi connectivity index (χ2v) is 9.93. The van der Waals surface area contributed by atoms with Crippen LogP contribution in [0.2, 0.25) is 0 Å². The fourth-order valence-corrected chi connectivity index (χ4v) is 4.68. The van der Waals surface area contributed by atoms with Crippen LogP contribution in [0.15, 0.2) is 36.4 Å². The number of alkyl halides is 2. The van der Waals surface area contributed by atoms with Gasteiger partial charge in [0.1, 0.15) is 13.6 Å². The summed E-state index contributed by atoms with van der Waals surface area (Å²) in [6.45, 7) is 5.11. The zero-order valence-electron chi connectivity index (χ0n) is 21.1. The van der Waals surface area contributed by atoms with E-state index in [0.29, 0.717) is 22.4 Å². The van der Waals surface area contributed by atoms with Crippen LogP contribution in [0.4, 0.5) is 8.78 Å². The number of rotatable bonds is 7. The summed E-state index contributed by atoms with van der Waals surface area (Å²) in [6.07, 6.45) is 0.218. The number of halogens is 2. The smallest absolute Gasteiger partial charge is 0.350 e. The molecule has 0 spiro atoms. The minimum absolute atomic E-state index is 0.115. The van der Waals surface area contributed by atoms with E-state index in [-0.39, 0.29) is 49.4 Å². The van der Waals surface area contributed by atoms with Crippen LogP contribution in [0.3, 0.4) is 0 Å². The molecule has 4 rings (SSSR count). The van der Waals surface area contributed by atoms with Crippen molar-refractivity contribution < 1.29 is 32.7 Å². The lowest BCUT2D eigenvalue weighted by Gasteiger charge is -2.39. The van der Waals surface area contributed by atoms with E-state index in [2.05, 4.69) is 10.6 Å². The Balaban J connectivity index is 1.45. The van der Waals surface area contributed by atoms with Crippen LogP contribution in [-0.2, 0) is 33.4 Å². The van der Waals surface area contributed by atoms with Gasteiger partial charge in [0.05, 0.1) is 11.5 Å². The van der Waals surface area contributed by atoms with Crippen molar-refractivity contribution in [2.24, 2.45) is 0 Å². The summed E-state index contributed by atoms with van der Waals surface area (Å²) in [6, 6.07) is 8.87. The molecular weight excluding hydrogens is 483 g/mol. The molecule has 2 aromatic rings. The Morgan fingerprint density at radius 3 is 2.59 bits per heavy atom. The Hall–Kier alpha value is -3.76. The largest absolute Gasteiger partial charge is 0.491 e. The van der Waals surface area contributed by atoms with Gasteiger partial charge in [-0.25, -0.2) is 0 Å². The van der Waals surface area contributed by atoms with Crippen LogP contribution >= 0.6 is 0 Å². The highest BCUT2D eigenvalue weighted by Crippen LogP contribution is 2.34. The highest BCUT2D eigenvalue weighted by Gasteiger charge is 2.48. The molecule has 1 saturated heterocycles. The number of imide groups is 1. The second-order valence-electron chi connectivity index (χ2n) is 9.93. The van der Waals surface area contributed by atoms with Crippen LogP contribution in [0.25, 0.3) is 0 Å². The molecule has 37 heavy (non-hydrogen) atoms. The van der Waals surface area contributed by atoms with Crippen molar-refractivity contribution in [3.63, 3.8) is 0 Å². The van der Waals surface area contributed by atoms with Crippen molar-refractivity contribution in [2.45, 2.75) is 64.2 Å². The maximum atomic E-state index is 15.0. The summed E-state index contributed by atoms with van der Waals surface area (Å²) < 4.78 is 35.5. The average molecular weight is 511 g/mol. The Bertz CT molecular complexity index is 1300. The van der Waals surface area contributed by atoms with Crippen molar-refractivity contribution in [3.8, 4) is 5.75 Å². The first-order valence-corrected chi connectivity index (χ1v) is 12.0. The van der Waals surface area contributed by atoms with Gasteiger partial charge in [-0.2, -0.15) is 8.78 Å². The third-order valence-electron chi connectivity index (χ3n) is 6.80. The Morgan fingerprint density at radius 2 is 1.95 bits per heavy atom. The van der Waals surface area contributed by atoms with E-state index in [0.717, 1.165) is 0 Å². The predicted molar refractivity (Wildman–Crippen MR) is 133 cm³/mol. The fraction of sp³-hybridized carbons (Fsp3) is 0.385. The molecule has 0 radical (unpaired) electrons. The first-order chi connectivity index (χ1) is 17.3. The summed E-state index contributed by atoms with van der Waals surface area (Å²) >= 11 is 0. The molecule has 11 heteroatoms. The minimum atomic E-state index is -3.76. The van der Waals surface area contributed by atoms with Crippen LogP contribution in [-0.4, -0.2) is 47.9 Å². The number of piperidine rings is 1. The molecule has 1 fully saturated rings. The van der Waals surface area contributed by atoms with Gasteiger partial charge >= 0.3 is 5.92 Å². The van der Waals surface area contributed by atoms with Crippen molar-refractivity contribution in [1.29, 1.82) is 0 Å². The number of hydrogen-bond acceptors (Lipinski definition) is 5. The summed E-state index contributed by atoms with van der Waals surface area (Å²) in [5, 5.41) is 4.57. The van der Waals surface area contributed by atoms with Crippen LogP contribution in [0.5, 0.6) is 5.75 Å². The van der Waals surface area contributed by atoms with Gasteiger partial charge < -0.3 is 15.0 Å². The molecule has 2 aromatic carbocycles. The maximum absolute atomic E-state index is 15.0. The van der Waals surface area contributed by atoms with Gasteiger partial charge in [-0.1, -0.05) is 12.1 Å². The summed E-state index contributed by atoms with van der Waals surface area (Å²) in [5.74, 6) is -6.01. The van der Waals surface area contributed by atoms with Crippen LogP contribution in [0, 0.1) is 6.92 Å². The molecule has 2 N–H and O–H groups in total. The second kappa shape index (κ2) is 9.61. The Kier molecular flexibility index (Phi) is 6.83. The molecule has 0 bridgehead atoms. The number of aryl methyl sites for hydroxylation is 1. The summed E-state index contributed by atoms with van der Waals surface area (Å²) in [7, 11) is 1.62. The van der Waals surface area contributed by atoms with Crippen LogP contribution < -0.4 is 15.4 Å². The lowest BCUT2D eigenvalue weighted by molar-refractivity contribution is -0.147. The van der Waals surface area contributed by atoms with Gasteiger partial charge in [0.15, 0.2) is 0 Å². The predicted octanol–water partition coefficient (Wildman–Crippen LogP) is 1.91. The third kappa shape index (κ3) is 4.94. The molecule has 0 aliphatic carbocycles. The van der Waals surface area contributed by atoms with E-state index in [1.54, 1.807) is 26.0 Å². The quantitative estimate of drug-likeness (QED) is 0.437. The van der Waals surface area contributed by atoms with E-state index in [4.69, 9.17) is 4.74 Å². The number of carbonyl (C=O) groups excluding carboxylic acids is 4. The normalized spacial score (nSPS) is 19.6. The zero-order valence-corrected chi connectivity index (χ0v) is 21.1. The van der Waals surface area contributed by atoms with E-state index < -0.39 is 28.7 Å². The molecule has 0 unspecified atom stereocenters. The lowest BCUT2D eigenvalue weighted by atomic mass is 9.70. The van der Waals surface area contributed by atoms with Crippen molar-refractivity contribution in [1.82, 2.24) is 15.5 Å². The number of ether oxygens (including phenoxy) is 1. The third-order valence-corrected chi connectivity index (χ3v) is 6.80. The zero-order chi connectivity index (χ0) is 27.1. The SMILES string of the molecule is B[C@@]1(N2Cc3cc(CNC(=O)C(F)(F)c4ccc(OC(C)C)cc4C)ccc3C2=O)CCC(=O)NC1=O. The van der Waals surface area contributed by atoms with Gasteiger partial charge in [0, 0.05) is 30.6 Å². The molecule has 8 nitrogen and oxygen atoms in total. The van der Waals surface area contributed by atoms with Gasteiger partial charge in [0.25, 0.3) is 11.8 Å². The fourth-order valence-electron chi connectivity index (χ4n) is 4.68. The number of hydrogen-bond donors (Lipinski definition) is 2. The lowest BCUT2D eigenvalue weighted by Crippen LogP contribution is -2.63. The number of nitrogens with one attached hydrogen (secondary N) is 2. The summed E-state index contributed by atoms with van der Waals surface area (Å²) in [4.78, 5) is 50.9. The number of nitrogens with zero attached hydrogens (tertiary/aromatic N) is 1. The van der Waals surface area contributed by atoms with Gasteiger partial charge in [-0.3, -0.25) is 24.5 Å². The number of benzene rings is 2. The monoisotopic (exact) mass is 511 g/mol. The number of amides is 4. The van der Waals surface area contributed by atoms with Crippen LogP contribution in [0.1, 0.15) is 59.3 Å². The van der Waals surface area contributed by atoms with Gasteiger partial charge in [-0.15, -0.1) is 0 Å². The van der Waals surface area contributed by atoms with Gasteiger partial charge in [-0.05, 0) is 68.1 Å². The Labute approximate surface area is 214 Å². The highest BCUT2D eigenvalue weighted by atomic mass is 19.3. The molecule has 194 valence electrons. The molecule has 0 saturated carbocycles. The first-order valence-electron chi connectivity index (χ1n) is 12.0. The molecule has 1 atom stereocenters. The topological polar surface area (TPSA) is 105 Å². The molecule has 4 amide bonds. The molecule has 2 heterocycles. The van der Waals surface area contributed by atoms with E-state index >= 15 is 0 Å². The standard InChI is InChI=1S/C26H28BF2N3O5/c1-14(2)37-18-5-7-20(15(3)10-18)26(28,29)24(36)30-12-16-4-6-19-17(11-16)13-32(22(19)34)25(27)9-8-21(33)31-23(25)35/h4-7,10-11,14H,8-9,12-13,27H2,1-3H3,(H,30,36)(H,31,33,35)/t25-/m1/s1. The molecule has 0 aromatic heterocycles. The van der Waals surface area contributed by atoms with Crippen molar-refractivity contribution >= 4 is 31.5 Å². The van der Waals surface area contributed by atoms with Gasteiger partial charge in [0.2, 0.25) is 11.8 Å². The van der Waals surface area contributed by atoms with Crippen molar-refractivity contribution in [3.05, 3.63) is 64.2 Å². The number of carbonyl (C=O) groups is 4. The molecular formula is C26H28BF2N3O5. The van der Waals surface area contributed by atoms with E-state index in [1.807, 2.05) is 13.8 Å². The minimum Gasteiger partial charge on any atom is -0.491 e. The Morgan fingerprint density at radius 1 is 1.22 bits per heavy atom.